The van der Waals surface area contributed by atoms with E-state index < -0.39 is 39.5 Å². The molecule has 6 rings (SSSR count). The molecular weight excluding hydrogens is 608 g/mol. The Kier molecular flexibility index (Phi) is 7.89. The first-order valence-electron chi connectivity index (χ1n) is 14.0. The van der Waals surface area contributed by atoms with E-state index in [9.17, 15) is 36.9 Å². The lowest BCUT2D eigenvalue weighted by Crippen LogP contribution is -2.48. The molecule has 1 saturated heterocycles. The molecule has 2 aromatic carbocycles. The van der Waals surface area contributed by atoms with Gasteiger partial charge < -0.3 is 24.3 Å². The van der Waals surface area contributed by atoms with E-state index in [2.05, 4.69) is 4.98 Å². The van der Waals surface area contributed by atoms with Crippen LogP contribution in [0, 0.1) is 27.6 Å². The number of nitro groups is 1. The summed E-state index contributed by atoms with van der Waals surface area (Å²) in [6.45, 7) is 0.952. The van der Waals surface area contributed by atoms with Crippen LogP contribution in [0.2, 0.25) is 0 Å². The minimum atomic E-state index is -4.74. The highest BCUT2D eigenvalue weighted by Gasteiger charge is 2.33. The van der Waals surface area contributed by atoms with Crippen LogP contribution in [0.4, 0.5) is 37.8 Å². The van der Waals surface area contributed by atoms with Crippen LogP contribution >= 0.6 is 0 Å². The second kappa shape index (κ2) is 11.7. The van der Waals surface area contributed by atoms with Crippen molar-refractivity contribution in [3.63, 3.8) is 0 Å². The van der Waals surface area contributed by atoms with Crippen molar-refractivity contribution in [2.45, 2.75) is 44.7 Å². The topological polar surface area (TPSA) is 93.7 Å². The lowest BCUT2D eigenvalue weighted by molar-refractivity contribution is -0.389. The number of nitrogens with zero attached hydrogens (tertiary/aromatic N) is 5. The molecule has 2 aromatic heterocycles. The third kappa shape index (κ3) is 5.91. The number of benzene rings is 2. The molecule has 0 aliphatic carbocycles. The molecular formula is C30H25F6N5O4. The number of rotatable bonds is 7. The molecule has 0 amide bonds. The fraction of sp³-hybridized carbons (Fsp3) is 0.333. The maximum atomic E-state index is 15.1. The van der Waals surface area contributed by atoms with Gasteiger partial charge in [-0.05, 0) is 47.0 Å². The molecule has 0 saturated carbocycles. The molecule has 4 aromatic rings. The Morgan fingerprint density at radius 2 is 1.82 bits per heavy atom. The molecule has 2 aliphatic rings. The summed E-state index contributed by atoms with van der Waals surface area (Å²) < 4.78 is 90.6. The molecule has 236 valence electrons. The number of alkyl halides is 3. The molecule has 1 fully saturated rings. The fourth-order valence-corrected chi connectivity index (χ4v) is 5.97. The van der Waals surface area contributed by atoms with E-state index in [0.29, 0.717) is 37.7 Å². The summed E-state index contributed by atoms with van der Waals surface area (Å²) in [5, 5.41) is 11.0. The van der Waals surface area contributed by atoms with Gasteiger partial charge in [0.15, 0.2) is 23.2 Å². The minimum Gasteiger partial charge on any atom is -0.486 e. The van der Waals surface area contributed by atoms with E-state index in [1.54, 1.807) is 15.5 Å². The molecule has 0 spiro atoms. The van der Waals surface area contributed by atoms with Gasteiger partial charge in [0.05, 0.1) is 28.7 Å². The second-order valence-corrected chi connectivity index (χ2v) is 11.0. The van der Waals surface area contributed by atoms with Gasteiger partial charge in [-0.1, -0.05) is 6.07 Å². The Labute approximate surface area is 251 Å². The quantitative estimate of drug-likeness (QED) is 0.144. The first-order chi connectivity index (χ1) is 21.4. The predicted molar refractivity (Wildman–Crippen MR) is 150 cm³/mol. The second-order valence-electron chi connectivity index (χ2n) is 11.0. The van der Waals surface area contributed by atoms with Gasteiger partial charge in [0.1, 0.15) is 12.4 Å². The summed E-state index contributed by atoms with van der Waals surface area (Å²) in [7, 11) is 0. The molecule has 0 bridgehead atoms. The number of hydrogen-bond donors (Lipinski definition) is 0. The zero-order chi connectivity index (χ0) is 32.0. The first kappa shape index (κ1) is 30.4. The van der Waals surface area contributed by atoms with Gasteiger partial charge >= 0.3 is 12.0 Å². The Morgan fingerprint density at radius 1 is 1.04 bits per heavy atom. The van der Waals surface area contributed by atoms with Crippen LogP contribution in [0.3, 0.4) is 0 Å². The molecule has 2 aliphatic heterocycles. The van der Waals surface area contributed by atoms with Crippen molar-refractivity contribution in [2.24, 2.45) is 0 Å². The first-order valence-corrected chi connectivity index (χ1v) is 14.0. The number of aromatic nitrogens is 2. The highest BCUT2D eigenvalue weighted by atomic mass is 19.4. The highest BCUT2D eigenvalue weighted by molar-refractivity contribution is 5.86. The number of ether oxygens (including phenoxy) is 1. The van der Waals surface area contributed by atoms with Crippen molar-refractivity contribution in [1.29, 1.82) is 0 Å². The van der Waals surface area contributed by atoms with Crippen molar-refractivity contribution in [3.8, 4) is 5.75 Å². The molecule has 0 radical (unpaired) electrons. The highest BCUT2D eigenvalue weighted by Crippen LogP contribution is 2.34. The van der Waals surface area contributed by atoms with E-state index >= 15 is 4.39 Å². The summed E-state index contributed by atoms with van der Waals surface area (Å²) >= 11 is 0. The molecule has 0 unspecified atom stereocenters. The zero-order valence-corrected chi connectivity index (χ0v) is 23.5. The lowest BCUT2D eigenvalue weighted by Gasteiger charge is -2.40. The largest absolute Gasteiger partial charge is 0.486 e. The van der Waals surface area contributed by atoms with Crippen molar-refractivity contribution in [2.75, 3.05) is 24.6 Å². The van der Waals surface area contributed by atoms with Gasteiger partial charge in [-0.2, -0.15) is 17.6 Å². The van der Waals surface area contributed by atoms with Crippen LogP contribution in [-0.2, 0) is 25.8 Å². The van der Waals surface area contributed by atoms with Crippen LogP contribution in [0.25, 0.3) is 10.9 Å². The predicted octanol–water partition coefficient (Wildman–Crippen LogP) is 5.80. The van der Waals surface area contributed by atoms with Crippen molar-refractivity contribution in [3.05, 3.63) is 103 Å². The maximum Gasteiger partial charge on any atom is 0.416 e. The molecule has 4 heterocycles. The van der Waals surface area contributed by atoms with Crippen molar-refractivity contribution < 1.29 is 36.0 Å². The minimum absolute atomic E-state index is 0.0249. The van der Waals surface area contributed by atoms with E-state index in [-0.39, 0.29) is 65.9 Å². The summed E-state index contributed by atoms with van der Waals surface area (Å²) in [4.78, 5) is 31.7. The van der Waals surface area contributed by atoms with Gasteiger partial charge in [0.25, 0.3) is 0 Å². The Balaban J connectivity index is 1.37. The number of anilines is 1. The summed E-state index contributed by atoms with van der Waals surface area (Å²) in [5.74, 6) is -4.19. The fourth-order valence-electron chi connectivity index (χ4n) is 5.97. The monoisotopic (exact) mass is 633 g/mol. The maximum absolute atomic E-state index is 15.1. The smallest absolute Gasteiger partial charge is 0.416 e. The SMILES string of the molecule is O=c1c(CN(Cc2ccc(C(F)(F)F)cc2F)[C@H]2CCCN(c3ccc([N+](=O)[O-])nc3)C2)cn2c3c(c(F)c(F)cc13)OCC2. The molecule has 9 nitrogen and oxygen atoms in total. The van der Waals surface area contributed by atoms with Gasteiger partial charge in [0.2, 0.25) is 5.82 Å². The van der Waals surface area contributed by atoms with E-state index in [0.717, 1.165) is 18.2 Å². The number of pyridine rings is 2. The number of piperidine rings is 1. The summed E-state index contributed by atoms with van der Waals surface area (Å²) in [6.07, 6.45) is -0.626. The molecule has 1 atom stereocenters. The van der Waals surface area contributed by atoms with Gasteiger partial charge in [-0.15, -0.1) is 0 Å². The number of hydrogen-bond acceptors (Lipinski definition) is 7. The standard InChI is InChI=1S/C30H25F6N5O4/c31-23-10-19(30(34,35)36)4-3-17(23)13-40(21-2-1-7-38(16-21)20-5-6-25(37-12-20)41(43)44)15-18-14-39-8-9-45-29-26(33)24(32)11-22(27(29)39)28(18)42/h3-6,10-12,14,21H,1-2,7-9,13,15-16H2/t21-/m0/s1. The molecule has 0 N–H and O–H groups in total. The average Bonchev–Trinajstić information content (AvgIpc) is 3.01. The van der Waals surface area contributed by atoms with E-state index in [4.69, 9.17) is 4.74 Å². The number of halogens is 6. The van der Waals surface area contributed by atoms with Crippen LogP contribution in [0.1, 0.15) is 29.5 Å². The van der Waals surface area contributed by atoms with Crippen LogP contribution in [0.15, 0.2) is 53.6 Å². The van der Waals surface area contributed by atoms with E-state index in [1.807, 2.05) is 4.90 Å². The van der Waals surface area contributed by atoms with Gasteiger partial charge in [-0.25, -0.2) is 8.78 Å². The Morgan fingerprint density at radius 3 is 2.51 bits per heavy atom. The Hall–Kier alpha value is -4.66. The van der Waals surface area contributed by atoms with Crippen molar-refractivity contribution >= 4 is 22.4 Å². The van der Waals surface area contributed by atoms with Crippen LogP contribution in [0.5, 0.6) is 5.75 Å². The summed E-state index contributed by atoms with van der Waals surface area (Å²) in [5.41, 5.74) is -0.832. The molecule has 15 heteroatoms. The average molecular weight is 634 g/mol. The van der Waals surface area contributed by atoms with E-state index in [1.165, 1.54) is 18.5 Å². The van der Waals surface area contributed by atoms with Crippen LogP contribution in [-0.4, -0.2) is 45.1 Å². The third-order valence-electron chi connectivity index (χ3n) is 8.19. The Bertz CT molecular complexity index is 1850. The third-order valence-corrected chi connectivity index (χ3v) is 8.19. The van der Waals surface area contributed by atoms with Crippen LogP contribution < -0.4 is 15.1 Å². The normalized spacial score (nSPS) is 16.7. The molecule has 45 heavy (non-hydrogen) atoms. The lowest BCUT2D eigenvalue weighted by atomic mass is 10.0. The summed E-state index contributed by atoms with van der Waals surface area (Å²) in [6, 6.07) is 5.57. The zero-order valence-electron chi connectivity index (χ0n) is 23.5. The van der Waals surface area contributed by atoms with Gasteiger partial charge in [-0.3, -0.25) is 9.69 Å². The van der Waals surface area contributed by atoms with Gasteiger partial charge in [0, 0.05) is 55.6 Å². The van der Waals surface area contributed by atoms with Crippen molar-refractivity contribution in [1.82, 2.24) is 14.5 Å².